The molecule has 48 heavy (non-hydrogen) atoms. The maximum Gasteiger partial charge on any atom is 0.328 e. The molecule has 1 N–H and O–H groups in total. The van der Waals surface area contributed by atoms with Gasteiger partial charge < -0.3 is 15.0 Å². The third-order valence-electron chi connectivity index (χ3n) is 8.89. The van der Waals surface area contributed by atoms with Crippen LogP contribution in [0.5, 0.6) is 0 Å². The second-order valence-electron chi connectivity index (χ2n) is 12.0. The molecule has 5 nitrogen and oxygen atoms in total. The molecule has 6 aromatic rings. The van der Waals surface area contributed by atoms with Crippen molar-refractivity contribution in [1.82, 2.24) is 5.32 Å². The van der Waals surface area contributed by atoms with Gasteiger partial charge in [-0.05, 0) is 105 Å². The van der Waals surface area contributed by atoms with E-state index in [0.717, 1.165) is 33.7 Å². The second kappa shape index (κ2) is 15.2. The molecule has 0 heterocycles. The monoisotopic (exact) mass is 652 g/mol. The Labute approximate surface area is 286 Å². The highest BCUT2D eigenvalue weighted by molar-refractivity contribution is 7.98. The number of aryl methyl sites for hydroxylation is 1. The molecular formula is C42H40N2O3S. The van der Waals surface area contributed by atoms with E-state index in [9.17, 15) is 9.59 Å². The van der Waals surface area contributed by atoms with Crippen LogP contribution in [0.4, 0.5) is 5.69 Å². The number of ether oxygens (including phenoxy) is 1. The van der Waals surface area contributed by atoms with E-state index >= 15 is 0 Å². The number of nitrogens with zero attached hydrogens (tertiary/aromatic N) is 1. The minimum atomic E-state index is -0.719. The summed E-state index contributed by atoms with van der Waals surface area (Å²) in [6.45, 7) is 3.38. The molecule has 6 aromatic carbocycles. The van der Waals surface area contributed by atoms with Gasteiger partial charge in [0.05, 0.1) is 7.11 Å². The third-order valence-corrected chi connectivity index (χ3v) is 9.54. The molecule has 0 saturated heterocycles. The molecule has 6 rings (SSSR count). The summed E-state index contributed by atoms with van der Waals surface area (Å²) in [5, 5.41) is 7.89. The van der Waals surface area contributed by atoms with Gasteiger partial charge >= 0.3 is 5.97 Å². The largest absolute Gasteiger partial charge is 0.467 e. The van der Waals surface area contributed by atoms with E-state index in [2.05, 4.69) is 108 Å². The summed E-state index contributed by atoms with van der Waals surface area (Å²) in [5.74, 6) is -0.00494. The van der Waals surface area contributed by atoms with Crippen LogP contribution in [0.3, 0.4) is 0 Å². The number of methoxy groups -OCH3 is 1. The Morgan fingerprint density at radius 2 is 1.40 bits per heavy atom. The Morgan fingerprint density at radius 3 is 2.06 bits per heavy atom. The van der Waals surface area contributed by atoms with Gasteiger partial charge in [-0.2, -0.15) is 11.8 Å². The van der Waals surface area contributed by atoms with Gasteiger partial charge in [0, 0.05) is 24.3 Å². The summed E-state index contributed by atoms with van der Waals surface area (Å²) < 4.78 is 5.02. The van der Waals surface area contributed by atoms with Crippen LogP contribution in [0.2, 0.25) is 0 Å². The van der Waals surface area contributed by atoms with Crippen molar-refractivity contribution in [3.8, 4) is 11.1 Å². The highest BCUT2D eigenvalue weighted by Crippen LogP contribution is 2.33. The number of para-hydroxylation sites is 1. The third kappa shape index (κ3) is 7.24. The molecule has 0 aliphatic heterocycles. The Morgan fingerprint density at radius 1 is 0.750 bits per heavy atom. The van der Waals surface area contributed by atoms with Gasteiger partial charge in [-0.15, -0.1) is 0 Å². The Hall–Kier alpha value is -5.07. The summed E-state index contributed by atoms with van der Waals surface area (Å²) in [6.07, 6.45) is 2.47. The number of carbonyl (C=O) groups is 2. The predicted molar refractivity (Wildman–Crippen MR) is 201 cm³/mol. The normalized spacial score (nSPS) is 11.7. The molecule has 1 unspecified atom stereocenters. The van der Waals surface area contributed by atoms with Crippen LogP contribution in [0.15, 0.2) is 127 Å². The molecule has 1 atom stereocenters. The quantitative estimate of drug-likeness (QED) is 0.106. The first kappa shape index (κ1) is 32.9. The number of thioether (sulfide) groups is 1. The summed E-state index contributed by atoms with van der Waals surface area (Å²) in [4.78, 5) is 28.8. The molecule has 0 radical (unpaired) electrons. The van der Waals surface area contributed by atoms with E-state index in [0.29, 0.717) is 25.1 Å². The van der Waals surface area contributed by atoms with Crippen LogP contribution >= 0.6 is 11.8 Å². The lowest BCUT2D eigenvalue weighted by Crippen LogP contribution is -2.42. The fraction of sp³-hybridized carbons (Fsp3) is 0.190. The van der Waals surface area contributed by atoms with Gasteiger partial charge in [0.1, 0.15) is 6.04 Å². The second-order valence-corrected chi connectivity index (χ2v) is 13.0. The predicted octanol–water partition coefficient (Wildman–Crippen LogP) is 9.20. The average Bonchev–Trinajstić information content (AvgIpc) is 3.13. The van der Waals surface area contributed by atoms with Gasteiger partial charge in [0.2, 0.25) is 0 Å². The SMILES string of the molecule is COC(=O)C(CCSC)NC(=O)c1ccc(CN(Cc2c3ccccc3cc3ccccc23)c2ccccc2)cc1-c1ccccc1C. The van der Waals surface area contributed by atoms with E-state index in [4.69, 9.17) is 4.74 Å². The molecule has 242 valence electrons. The van der Waals surface area contributed by atoms with Crippen molar-refractivity contribution in [2.24, 2.45) is 0 Å². The molecule has 0 aromatic heterocycles. The van der Waals surface area contributed by atoms with Crippen molar-refractivity contribution in [3.63, 3.8) is 0 Å². The lowest BCUT2D eigenvalue weighted by Gasteiger charge is -2.27. The van der Waals surface area contributed by atoms with Crippen LogP contribution in [-0.4, -0.2) is 37.0 Å². The summed E-state index contributed by atoms with van der Waals surface area (Å²) in [6, 6.07) is 43.4. The van der Waals surface area contributed by atoms with Crippen LogP contribution in [0.25, 0.3) is 32.7 Å². The van der Waals surface area contributed by atoms with Crippen molar-refractivity contribution in [2.45, 2.75) is 32.5 Å². The lowest BCUT2D eigenvalue weighted by molar-refractivity contribution is -0.142. The Balaban J connectivity index is 1.41. The zero-order valence-electron chi connectivity index (χ0n) is 27.6. The number of rotatable bonds is 12. The summed E-state index contributed by atoms with van der Waals surface area (Å²) in [7, 11) is 1.35. The molecule has 1 amide bonds. The number of esters is 1. The molecule has 0 aliphatic rings. The number of anilines is 1. The van der Waals surface area contributed by atoms with Crippen molar-refractivity contribution in [1.29, 1.82) is 0 Å². The van der Waals surface area contributed by atoms with Crippen molar-refractivity contribution < 1.29 is 14.3 Å². The summed E-state index contributed by atoms with van der Waals surface area (Å²) in [5.41, 5.74) is 6.88. The first-order valence-electron chi connectivity index (χ1n) is 16.2. The first-order chi connectivity index (χ1) is 23.5. The smallest absolute Gasteiger partial charge is 0.328 e. The van der Waals surface area contributed by atoms with E-state index in [1.807, 2.05) is 42.7 Å². The number of benzene rings is 6. The Bertz CT molecular complexity index is 2010. The summed E-state index contributed by atoms with van der Waals surface area (Å²) >= 11 is 1.63. The van der Waals surface area contributed by atoms with E-state index in [1.165, 1.54) is 34.2 Å². The number of hydrogen-bond donors (Lipinski definition) is 1. The van der Waals surface area contributed by atoms with E-state index in [-0.39, 0.29) is 5.91 Å². The van der Waals surface area contributed by atoms with Crippen LogP contribution < -0.4 is 10.2 Å². The van der Waals surface area contributed by atoms with Gasteiger partial charge in [0.25, 0.3) is 5.91 Å². The van der Waals surface area contributed by atoms with Gasteiger partial charge in [-0.1, -0.05) is 97.1 Å². The van der Waals surface area contributed by atoms with Crippen LogP contribution in [0, 0.1) is 6.92 Å². The molecule has 0 spiro atoms. The molecule has 0 fully saturated rings. The minimum absolute atomic E-state index is 0.293. The number of carbonyl (C=O) groups excluding carboxylic acids is 2. The van der Waals surface area contributed by atoms with Gasteiger partial charge in [-0.3, -0.25) is 4.79 Å². The maximum absolute atomic E-state index is 13.9. The number of hydrogen-bond acceptors (Lipinski definition) is 5. The number of nitrogens with one attached hydrogen (secondary N) is 1. The zero-order valence-corrected chi connectivity index (χ0v) is 28.4. The van der Waals surface area contributed by atoms with Gasteiger partial charge in [0.15, 0.2) is 0 Å². The highest BCUT2D eigenvalue weighted by atomic mass is 32.2. The lowest BCUT2D eigenvalue weighted by atomic mass is 9.93. The number of fused-ring (bicyclic) bond motifs is 2. The highest BCUT2D eigenvalue weighted by Gasteiger charge is 2.24. The van der Waals surface area contributed by atoms with Gasteiger partial charge in [-0.25, -0.2) is 4.79 Å². The van der Waals surface area contributed by atoms with Crippen molar-refractivity contribution >= 4 is 50.9 Å². The van der Waals surface area contributed by atoms with Crippen LogP contribution in [-0.2, 0) is 22.6 Å². The Kier molecular flexibility index (Phi) is 10.4. The zero-order chi connectivity index (χ0) is 33.5. The molecule has 0 bridgehead atoms. The average molecular weight is 653 g/mol. The fourth-order valence-corrected chi connectivity index (χ4v) is 6.89. The molecular weight excluding hydrogens is 613 g/mol. The number of amides is 1. The van der Waals surface area contributed by atoms with E-state index < -0.39 is 12.0 Å². The van der Waals surface area contributed by atoms with Crippen molar-refractivity contribution in [3.05, 3.63) is 150 Å². The van der Waals surface area contributed by atoms with Crippen LogP contribution in [0.1, 0.15) is 33.5 Å². The first-order valence-corrected chi connectivity index (χ1v) is 17.6. The fourth-order valence-electron chi connectivity index (χ4n) is 6.42. The van der Waals surface area contributed by atoms with Crippen molar-refractivity contribution in [2.75, 3.05) is 24.0 Å². The maximum atomic E-state index is 13.9. The van der Waals surface area contributed by atoms with E-state index in [1.54, 1.807) is 11.8 Å². The molecule has 6 heteroatoms. The molecule has 0 aliphatic carbocycles. The minimum Gasteiger partial charge on any atom is -0.467 e. The molecule has 0 saturated carbocycles. The standard InChI is InChI=1S/C42H40N2O3S/c1-29-13-7-10-18-34(29)38-25-30(21-22-37(38)41(45)43-40(23-24-48-3)42(46)47-2)27-44(33-16-5-4-6-17-33)28-39-35-19-11-8-14-31(35)26-32-15-9-12-20-36(32)39/h4-22,25-26,40H,23-24,27-28H2,1-3H3,(H,43,45). The topological polar surface area (TPSA) is 58.6 Å².